The van der Waals surface area contributed by atoms with Crippen LogP contribution >= 0.6 is 11.6 Å². The molecule has 0 fully saturated rings. The molecular weight excluding hydrogens is 390 g/mol. The van der Waals surface area contributed by atoms with Gasteiger partial charge >= 0.3 is 5.97 Å². The van der Waals surface area contributed by atoms with E-state index in [0.717, 1.165) is 30.4 Å². The van der Waals surface area contributed by atoms with Crippen molar-refractivity contribution in [2.24, 2.45) is 0 Å². The Morgan fingerprint density at radius 2 is 1.78 bits per heavy atom. The topological polar surface area (TPSA) is 104 Å². The van der Waals surface area contributed by atoms with Crippen molar-refractivity contribution in [3.05, 3.63) is 64.2 Å². The Morgan fingerprint density at radius 3 is 2.41 bits per heavy atom. The number of carbonyl (C=O) groups is 1. The van der Waals surface area contributed by atoms with Crippen LogP contribution in [-0.2, 0) is 33.1 Å². The summed E-state index contributed by atoms with van der Waals surface area (Å²) in [6.07, 6.45) is 2.79. The molecule has 3 rings (SSSR count). The molecule has 144 valence electrons. The van der Waals surface area contributed by atoms with Crippen LogP contribution in [0.2, 0.25) is 5.02 Å². The Labute approximate surface area is 162 Å². The van der Waals surface area contributed by atoms with Crippen LogP contribution < -0.4 is 4.72 Å². The Balaban J connectivity index is 1.91. The van der Waals surface area contributed by atoms with Gasteiger partial charge in [-0.25, -0.2) is 13.1 Å². The first kappa shape index (κ1) is 19.8. The average Bonchev–Trinajstić information content (AvgIpc) is 3.10. The molecule has 8 heteroatoms. The minimum Gasteiger partial charge on any atom is -0.480 e. The van der Waals surface area contributed by atoms with Gasteiger partial charge in [0.05, 0.1) is 11.5 Å². The molecule has 0 saturated heterocycles. The first-order valence-electron chi connectivity index (χ1n) is 8.50. The molecule has 0 aliphatic heterocycles. The third kappa shape index (κ3) is 3.87. The molecular formula is C19H20ClNO5S. The fourth-order valence-corrected chi connectivity index (χ4v) is 4.52. The number of aliphatic carboxylic acids is 1. The summed E-state index contributed by atoms with van der Waals surface area (Å²) in [5.41, 5.74) is 0.832. The van der Waals surface area contributed by atoms with Crippen molar-refractivity contribution in [3.63, 3.8) is 0 Å². The van der Waals surface area contributed by atoms with E-state index in [2.05, 4.69) is 4.72 Å². The second-order valence-corrected chi connectivity index (χ2v) is 8.86. The van der Waals surface area contributed by atoms with Gasteiger partial charge < -0.3 is 10.2 Å². The quantitative estimate of drug-likeness (QED) is 0.649. The van der Waals surface area contributed by atoms with Gasteiger partial charge in [0.1, 0.15) is 5.41 Å². The molecule has 0 aromatic heterocycles. The van der Waals surface area contributed by atoms with Crippen molar-refractivity contribution in [1.82, 2.24) is 4.72 Å². The third-order valence-corrected chi connectivity index (χ3v) is 6.69. The maximum atomic E-state index is 12.5. The Bertz CT molecular complexity index is 959. The second-order valence-electron chi connectivity index (χ2n) is 6.66. The summed E-state index contributed by atoms with van der Waals surface area (Å²) in [4.78, 5) is 12.0. The zero-order valence-electron chi connectivity index (χ0n) is 14.5. The molecule has 1 unspecified atom stereocenters. The lowest BCUT2D eigenvalue weighted by molar-refractivity contribution is -0.145. The summed E-state index contributed by atoms with van der Waals surface area (Å²) in [6.45, 7) is -1.20. The Hall–Kier alpha value is -1.93. The summed E-state index contributed by atoms with van der Waals surface area (Å²) in [7, 11) is -3.96. The van der Waals surface area contributed by atoms with Gasteiger partial charge in [0.15, 0.2) is 0 Å². The fraction of sp³-hybridized carbons (Fsp3) is 0.316. The van der Waals surface area contributed by atoms with Gasteiger partial charge in [-0.1, -0.05) is 29.8 Å². The lowest BCUT2D eigenvalue weighted by Crippen LogP contribution is -2.49. The number of benzene rings is 2. The molecule has 1 atom stereocenters. The molecule has 0 bridgehead atoms. The Morgan fingerprint density at radius 1 is 1.11 bits per heavy atom. The number of hydrogen-bond acceptors (Lipinski definition) is 4. The third-order valence-electron chi connectivity index (χ3n) is 5.02. The number of aliphatic hydroxyl groups excluding tert-OH is 1. The van der Waals surface area contributed by atoms with Crippen molar-refractivity contribution in [1.29, 1.82) is 0 Å². The first-order chi connectivity index (χ1) is 12.8. The number of carboxylic acids is 1. The highest BCUT2D eigenvalue weighted by Crippen LogP contribution is 2.30. The van der Waals surface area contributed by atoms with E-state index in [1.165, 1.54) is 24.3 Å². The van der Waals surface area contributed by atoms with E-state index >= 15 is 0 Å². The Kier molecular flexibility index (Phi) is 5.58. The highest BCUT2D eigenvalue weighted by molar-refractivity contribution is 7.89. The van der Waals surface area contributed by atoms with Gasteiger partial charge in [0, 0.05) is 11.6 Å². The molecule has 0 radical (unpaired) electrons. The molecule has 0 saturated carbocycles. The van der Waals surface area contributed by atoms with Crippen LogP contribution in [0.1, 0.15) is 23.1 Å². The maximum absolute atomic E-state index is 12.5. The van der Waals surface area contributed by atoms with E-state index in [1.807, 2.05) is 6.07 Å². The van der Waals surface area contributed by atoms with Crippen LogP contribution in [0, 0.1) is 0 Å². The van der Waals surface area contributed by atoms with Crippen LogP contribution in [0.3, 0.4) is 0 Å². The van der Waals surface area contributed by atoms with E-state index in [4.69, 9.17) is 11.6 Å². The number of carboxylic acid groups (broad SMARTS) is 1. The van der Waals surface area contributed by atoms with Gasteiger partial charge in [0.2, 0.25) is 10.0 Å². The molecule has 0 heterocycles. The molecule has 2 aromatic carbocycles. The molecule has 2 aromatic rings. The summed E-state index contributed by atoms with van der Waals surface area (Å²) >= 11 is 5.78. The van der Waals surface area contributed by atoms with Gasteiger partial charge in [-0.3, -0.25) is 4.79 Å². The number of fused-ring (bicyclic) bond motifs is 1. The van der Waals surface area contributed by atoms with E-state index in [9.17, 15) is 23.4 Å². The molecule has 1 aliphatic rings. The second kappa shape index (κ2) is 7.59. The largest absolute Gasteiger partial charge is 0.480 e. The zero-order valence-corrected chi connectivity index (χ0v) is 16.1. The number of rotatable bonds is 7. The van der Waals surface area contributed by atoms with E-state index in [0.29, 0.717) is 10.6 Å². The number of sulfonamides is 1. The van der Waals surface area contributed by atoms with Gasteiger partial charge in [0.25, 0.3) is 0 Å². The van der Waals surface area contributed by atoms with Crippen molar-refractivity contribution in [2.45, 2.75) is 29.6 Å². The van der Waals surface area contributed by atoms with Gasteiger partial charge in [-0.05, 0) is 60.2 Å². The normalized spacial score (nSPS) is 15.9. The van der Waals surface area contributed by atoms with Gasteiger partial charge in [-0.2, -0.15) is 0 Å². The van der Waals surface area contributed by atoms with E-state index in [-0.39, 0.29) is 4.90 Å². The minimum atomic E-state index is -3.96. The molecule has 1 aliphatic carbocycles. The van der Waals surface area contributed by atoms with Crippen molar-refractivity contribution < 1.29 is 23.4 Å². The zero-order chi connectivity index (χ0) is 19.7. The molecule has 6 nitrogen and oxygen atoms in total. The van der Waals surface area contributed by atoms with Crippen LogP contribution in [0.15, 0.2) is 47.4 Å². The highest BCUT2D eigenvalue weighted by atomic mass is 35.5. The smallest absolute Gasteiger partial charge is 0.317 e. The van der Waals surface area contributed by atoms with Crippen molar-refractivity contribution in [2.75, 3.05) is 13.2 Å². The van der Waals surface area contributed by atoms with E-state index in [1.54, 1.807) is 12.1 Å². The summed E-state index contributed by atoms with van der Waals surface area (Å²) < 4.78 is 27.4. The molecule has 3 N–H and O–H groups in total. The number of aryl methyl sites for hydroxylation is 2. The van der Waals surface area contributed by atoms with E-state index < -0.39 is 34.6 Å². The monoisotopic (exact) mass is 409 g/mol. The van der Waals surface area contributed by atoms with Crippen molar-refractivity contribution in [3.8, 4) is 0 Å². The van der Waals surface area contributed by atoms with Crippen LogP contribution in [0.25, 0.3) is 0 Å². The first-order valence-corrected chi connectivity index (χ1v) is 10.4. The maximum Gasteiger partial charge on any atom is 0.317 e. The standard InChI is InChI=1S/C19H20ClNO5S/c20-16-6-8-17(9-7-16)27(25,26)21-11-19(12-22,18(23)24)15-5-4-13-2-1-3-14(13)10-15/h4-10,21-22H,1-3,11-12H2,(H,23,24). The molecule has 0 amide bonds. The number of nitrogens with one attached hydrogen (secondary N) is 1. The highest BCUT2D eigenvalue weighted by Gasteiger charge is 2.41. The number of aliphatic hydroxyl groups is 1. The lowest BCUT2D eigenvalue weighted by Gasteiger charge is -2.28. The molecule has 0 spiro atoms. The predicted octanol–water partition coefficient (Wildman–Crippen LogP) is 2.12. The van der Waals surface area contributed by atoms with Crippen molar-refractivity contribution >= 4 is 27.6 Å². The van der Waals surface area contributed by atoms with Crippen LogP contribution in [0.5, 0.6) is 0 Å². The summed E-state index contributed by atoms with van der Waals surface area (Å²) in [6, 6.07) is 10.8. The van der Waals surface area contributed by atoms with Crippen LogP contribution in [0.4, 0.5) is 0 Å². The SMILES string of the molecule is O=C(O)C(CO)(CNS(=O)(=O)c1ccc(Cl)cc1)c1ccc2c(c1)CCC2. The number of halogens is 1. The predicted molar refractivity (Wildman–Crippen MR) is 102 cm³/mol. The lowest BCUT2D eigenvalue weighted by atomic mass is 9.80. The number of hydrogen-bond donors (Lipinski definition) is 3. The molecule has 27 heavy (non-hydrogen) atoms. The van der Waals surface area contributed by atoms with Crippen LogP contribution in [-0.4, -0.2) is 37.8 Å². The van der Waals surface area contributed by atoms with Gasteiger partial charge in [-0.15, -0.1) is 0 Å². The summed E-state index contributed by atoms with van der Waals surface area (Å²) in [5.74, 6) is -1.29. The minimum absolute atomic E-state index is 0.0296. The average molecular weight is 410 g/mol. The fourth-order valence-electron chi connectivity index (χ4n) is 3.30. The summed E-state index contributed by atoms with van der Waals surface area (Å²) in [5, 5.41) is 20.1.